The van der Waals surface area contributed by atoms with Crippen LogP contribution in [0.3, 0.4) is 0 Å². The van der Waals surface area contributed by atoms with Gasteiger partial charge in [0.1, 0.15) is 5.82 Å². The van der Waals surface area contributed by atoms with Crippen molar-refractivity contribution >= 4 is 11.2 Å². The lowest BCUT2D eigenvalue weighted by atomic mass is 9.93. The first kappa shape index (κ1) is 18.6. The van der Waals surface area contributed by atoms with E-state index < -0.39 is 0 Å². The van der Waals surface area contributed by atoms with E-state index in [2.05, 4.69) is 36.6 Å². The molecule has 0 spiro atoms. The van der Waals surface area contributed by atoms with Gasteiger partial charge in [-0.3, -0.25) is 4.68 Å². The molecule has 4 heterocycles. The standard InChI is InChI=1S/C20H22N8O2/c1-30-19-7-4-15(10-22-19)28-20-17(25-26-28)11-21-18(24-20)8-13-9-23-27(12-13)14-2-5-16(29)6-3-14/h4,7,9-12,14,16,29H,2-3,5-6,8H2,1H3. The van der Waals surface area contributed by atoms with E-state index in [-0.39, 0.29) is 6.10 Å². The molecule has 1 aliphatic carbocycles. The summed E-state index contributed by atoms with van der Waals surface area (Å²) in [5, 5.41) is 22.6. The van der Waals surface area contributed by atoms with Crippen molar-refractivity contribution in [2.45, 2.75) is 44.2 Å². The minimum atomic E-state index is -0.171. The molecule has 0 aromatic carbocycles. The Bertz CT molecular complexity index is 1150. The lowest BCUT2D eigenvalue weighted by Gasteiger charge is -2.25. The minimum Gasteiger partial charge on any atom is -0.481 e. The van der Waals surface area contributed by atoms with Crippen LogP contribution in [0.4, 0.5) is 0 Å². The maximum absolute atomic E-state index is 9.71. The van der Waals surface area contributed by atoms with Gasteiger partial charge in [-0.2, -0.15) is 9.78 Å². The quantitative estimate of drug-likeness (QED) is 0.534. The monoisotopic (exact) mass is 406 g/mol. The molecular formula is C20H22N8O2. The SMILES string of the molecule is COc1ccc(-n2nnc3cnc(Cc4cnn(C5CCC(O)CC5)c4)nc32)cn1. The zero-order valence-electron chi connectivity index (χ0n) is 16.6. The lowest BCUT2D eigenvalue weighted by Crippen LogP contribution is -2.21. The van der Waals surface area contributed by atoms with Crippen LogP contribution in [-0.4, -0.2) is 58.0 Å². The van der Waals surface area contributed by atoms with Gasteiger partial charge >= 0.3 is 0 Å². The highest BCUT2D eigenvalue weighted by Crippen LogP contribution is 2.28. The van der Waals surface area contributed by atoms with Crippen LogP contribution in [0.15, 0.2) is 36.9 Å². The van der Waals surface area contributed by atoms with Gasteiger partial charge in [-0.1, -0.05) is 5.21 Å². The molecule has 10 nitrogen and oxygen atoms in total. The second kappa shape index (κ2) is 7.79. The molecule has 10 heteroatoms. The third-order valence-electron chi connectivity index (χ3n) is 5.47. The van der Waals surface area contributed by atoms with Gasteiger partial charge in [-0.15, -0.1) is 5.10 Å². The number of aliphatic hydroxyl groups is 1. The minimum absolute atomic E-state index is 0.171. The van der Waals surface area contributed by atoms with E-state index >= 15 is 0 Å². The Kier molecular flexibility index (Phi) is 4.83. The fraction of sp³-hybridized carbons (Fsp3) is 0.400. The molecule has 0 amide bonds. The summed E-state index contributed by atoms with van der Waals surface area (Å²) in [5.41, 5.74) is 3.03. The molecular weight excluding hydrogens is 384 g/mol. The number of rotatable bonds is 5. The van der Waals surface area contributed by atoms with E-state index in [0.717, 1.165) is 36.9 Å². The van der Waals surface area contributed by atoms with Crippen molar-refractivity contribution in [2.24, 2.45) is 0 Å². The Labute approximate surface area is 172 Å². The van der Waals surface area contributed by atoms with E-state index in [9.17, 15) is 5.11 Å². The average Bonchev–Trinajstić information content (AvgIpc) is 3.41. The van der Waals surface area contributed by atoms with E-state index in [1.165, 1.54) is 0 Å². The largest absolute Gasteiger partial charge is 0.481 e. The number of hydrogen-bond acceptors (Lipinski definition) is 8. The van der Waals surface area contributed by atoms with Crippen LogP contribution in [0.5, 0.6) is 5.88 Å². The molecule has 0 aliphatic heterocycles. The number of ether oxygens (including phenoxy) is 1. The first-order chi connectivity index (χ1) is 14.7. The van der Waals surface area contributed by atoms with E-state index in [1.54, 1.807) is 30.3 Å². The molecule has 4 aromatic rings. The molecule has 0 bridgehead atoms. The van der Waals surface area contributed by atoms with Crippen molar-refractivity contribution in [3.05, 3.63) is 48.3 Å². The fourth-order valence-corrected chi connectivity index (χ4v) is 3.81. The highest BCUT2D eigenvalue weighted by molar-refractivity contribution is 5.70. The topological polar surface area (TPSA) is 117 Å². The van der Waals surface area contributed by atoms with Crippen molar-refractivity contribution in [1.29, 1.82) is 0 Å². The van der Waals surface area contributed by atoms with Crippen molar-refractivity contribution < 1.29 is 9.84 Å². The zero-order valence-corrected chi connectivity index (χ0v) is 16.6. The van der Waals surface area contributed by atoms with Crippen LogP contribution >= 0.6 is 0 Å². The Morgan fingerprint density at radius 3 is 2.73 bits per heavy atom. The van der Waals surface area contributed by atoms with E-state index in [0.29, 0.717) is 35.3 Å². The summed E-state index contributed by atoms with van der Waals surface area (Å²) in [6.07, 6.45) is 11.2. The van der Waals surface area contributed by atoms with Gasteiger partial charge in [0.15, 0.2) is 11.2 Å². The second-order valence-electron chi connectivity index (χ2n) is 7.52. The summed E-state index contributed by atoms with van der Waals surface area (Å²) >= 11 is 0. The Morgan fingerprint density at radius 2 is 1.97 bits per heavy atom. The van der Waals surface area contributed by atoms with Crippen LogP contribution in [0.25, 0.3) is 16.9 Å². The number of hydrogen-bond donors (Lipinski definition) is 1. The van der Waals surface area contributed by atoms with E-state index in [1.807, 2.05) is 16.9 Å². The molecule has 1 aliphatic rings. The molecule has 1 saturated carbocycles. The predicted molar refractivity (Wildman–Crippen MR) is 107 cm³/mol. The van der Waals surface area contributed by atoms with Crippen molar-refractivity contribution in [2.75, 3.05) is 7.11 Å². The molecule has 0 unspecified atom stereocenters. The highest BCUT2D eigenvalue weighted by atomic mass is 16.5. The average molecular weight is 406 g/mol. The summed E-state index contributed by atoms with van der Waals surface area (Å²) in [6, 6.07) is 3.97. The van der Waals surface area contributed by atoms with Crippen LogP contribution in [0, 0.1) is 0 Å². The summed E-state index contributed by atoms with van der Waals surface area (Å²) in [6.45, 7) is 0. The van der Waals surface area contributed by atoms with Crippen molar-refractivity contribution in [3.63, 3.8) is 0 Å². The third kappa shape index (κ3) is 3.61. The van der Waals surface area contributed by atoms with Crippen LogP contribution < -0.4 is 4.74 Å². The first-order valence-corrected chi connectivity index (χ1v) is 9.98. The number of aromatic nitrogens is 8. The number of aliphatic hydroxyl groups excluding tert-OH is 1. The predicted octanol–water partition coefficient (Wildman–Crippen LogP) is 1.88. The number of fused-ring (bicyclic) bond motifs is 1. The van der Waals surface area contributed by atoms with Crippen LogP contribution in [-0.2, 0) is 6.42 Å². The molecule has 154 valence electrons. The Balaban J connectivity index is 1.37. The third-order valence-corrected chi connectivity index (χ3v) is 5.47. The molecule has 30 heavy (non-hydrogen) atoms. The molecule has 5 rings (SSSR count). The van der Waals surface area contributed by atoms with Crippen molar-refractivity contribution in [3.8, 4) is 11.6 Å². The zero-order chi connectivity index (χ0) is 20.5. The maximum Gasteiger partial charge on any atom is 0.213 e. The van der Waals surface area contributed by atoms with Gasteiger partial charge in [-0.05, 0) is 37.3 Å². The molecule has 4 aromatic heterocycles. The van der Waals surface area contributed by atoms with Crippen LogP contribution in [0.2, 0.25) is 0 Å². The van der Waals surface area contributed by atoms with Gasteiger partial charge < -0.3 is 9.84 Å². The van der Waals surface area contributed by atoms with Gasteiger partial charge in [-0.25, -0.2) is 15.0 Å². The van der Waals surface area contributed by atoms with Gasteiger partial charge in [0, 0.05) is 18.7 Å². The molecule has 1 N–H and O–H groups in total. The summed E-state index contributed by atoms with van der Waals surface area (Å²) in [7, 11) is 1.58. The normalized spacial score (nSPS) is 19.3. The number of nitrogens with zero attached hydrogens (tertiary/aromatic N) is 8. The Hall–Kier alpha value is -3.40. The number of methoxy groups -OCH3 is 1. The van der Waals surface area contributed by atoms with Gasteiger partial charge in [0.2, 0.25) is 5.88 Å². The van der Waals surface area contributed by atoms with Gasteiger partial charge in [0.25, 0.3) is 0 Å². The molecule has 1 fully saturated rings. The maximum atomic E-state index is 9.71. The Morgan fingerprint density at radius 1 is 1.10 bits per heavy atom. The highest BCUT2D eigenvalue weighted by Gasteiger charge is 2.21. The number of pyridine rings is 1. The smallest absolute Gasteiger partial charge is 0.213 e. The summed E-state index contributed by atoms with van der Waals surface area (Å²) < 4.78 is 8.76. The molecule has 0 saturated heterocycles. The molecule has 0 atom stereocenters. The van der Waals surface area contributed by atoms with E-state index in [4.69, 9.17) is 4.74 Å². The fourth-order valence-electron chi connectivity index (χ4n) is 3.81. The lowest BCUT2D eigenvalue weighted by molar-refractivity contribution is 0.108. The van der Waals surface area contributed by atoms with Crippen molar-refractivity contribution in [1.82, 2.24) is 39.7 Å². The summed E-state index contributed by atoms with van der Waals surface area (Å²) in [4.78, 5) is 13.3. The summed E-state index contributed by atoms with van der Waals surface area (Å²) in [5.74, 6) is 1.20. The van der Waals surface area contributed by atoms with Gasteiger partial charge in [0.05, 0.1) is 43.5 Å². The van der Waals surface area contributed by atoms with Crippen LogP contribution in [0.1, 0.15) is 43.1 Å². The second-order valence-corrected chi connectivity index (χ2v) is 7.52. The first-order valence-electron chi connectivity index (χ1n) is 9.98. The molecule has 0 radical (unpaired) electrons.